The van der Waals surface area contributed by atoms with Gasteiger partial charge < -0.3 is 5.32 Å². The van der Waals surface area contributed by atoms with Crippen molar-refractivity contribution in [2.75, 3.05) is 0 Å². The lowest BCUT2D eigenvalue weighted by atomic mass is 10.0. The highest BCUT2D eigenvalue weighted by Gasteiger charge is 2.36. The Bertz CT molecular complexity index is 781. The van der Waals surface area contributed by atoms with Gasteiger partial charge in [-0.2, -0.15) is 26.3 Å². The van der Waals surface area contributed by atoms with Gasteiger partial charge in [-0.25, -0.2) is 4.39 Å². The van der Waals surface area contributed by atoms with Crippen molar-refractivity contribution in [3.8, 4) is 0 Å². The first kappa shape index (κ1) is 18.8. The molecule has 0 aliphatic rings. The highest BCUT2D eigenvalue weighted by atomic mass is 19.4. The second-order valence-corrected chi connectivity index (χ2v) is 5.03. The van der Waals surface area contributed by atoms with Crippen LogP contribution in [0.2, 0.25) is 0 Å². The Labute approximate surface area is 137 Å². The summed E-state index contributed by atoms with van der Waals surface area (Å²) in [7, 11) is 0. The quantitative estimate of drug-likeness (QED) is 0.779. The lowest BCUT2D eigenvalue weighted by Gasteiger charge is -2.15. The van der Waals surface area contributed by atoms with E-state index in [2.05, 4.69) is 0 Å². The van der Waals surface area contributed by atoms with Crippen LogP contribution in [0, 0.1) is 5.82 Å². The summed E-state index contributed by atoms with van der Waals surface area (Å²) in [5, 5.41) is 2.00. The summed E-state index contributed by atoms with van der Waals surface area (Å²) >= 11 is 0. The third-order valence-electron chi connectivity index (χ3n) is 3.29. The van der Waals surface area contributed by atoms with Crippen molar-refractivity contribution in [3.63, 3.8) is 0 Å². The Balaban J connectivity index is 2.25. The van der Waals surface area contributed by atoms with Crippen LogP contribution in [0.25, 0.3) is 0 Å². The van der Waals surface area contributed by atoms with E-state index in [9.17, 15) is 35.5 Å². The van der Waals surface area contributed by atoms with E-state index in [0.717, 1.165) is 24.3 Å². The van der Waals surface area contributed by atoms with E-state index in [1.54, 1.807) is 0 Å². The molecule has 0 unspecified atom stereocenters. The SMILES string of the molecule is O=C(NCc1ccc(F)cc1C(F)(F)F)c1ccccc1C(F)(F)F. The van der Waals surface area contributed by atoms with Gasteiger partial charge in [0.15, 0.2) is 0 Å². The molecule has 0 aliphatic carbocycles. The molecule has 1 N–H and O–H groups in total. The number of benzene rings is 2. The summed E-state index contributed by atoms with van der Waals surface area (Å²) in [5.74, 6) is -2.31. The zero-order chi connectivity index (χ0) is 18.8. The van der Waals surface area contributed by atoms with E-state index in [-0.39, 0.29) is 6.07 Å². The summed E-state index contributed by atoms with van der Waals surface area (Å²) in [6, 6.07) is 5.71. The van der Waals surface area contributed by atoms with Crippen molar-refractivity contribution in [2.45, 2.75) is 18.9 Å². The van der Waals surface area contributed by atoms with Crippen LogP contribution in [0.15, 0.2) is 42.5 Å². The molecule has 2 aromatic carbocycles. The smallest absolute Gasteiger partial charge is 0.348 e. The molecule has 2 nitrogen and oxygen atoms in total. The second-order valence-electron chi connectivity index (χ2n) is 5.03. The van der Waals surface area contributed by atoms with Crippen LogP contribution in [0.5, 0.6) is 0 Å². The Morgan fingerprint density at radius 2 is 1.48 bits per heavy atom. The van der Waals surface area contributed by atoms with Gasteiger partial charge in [0.1, 0.15) is 5.82 Å². The van der Waals surface area contributed by atoms with Crippen LogP contribution >= 0.6 is 0 Å². The van der Waals surface area contributed by atoms with Crippen molar-refractivity contribution in [3.05, 3.63) is 70.5 Å². The van der Waals surface area contributed by atoms with Crippen molar-refractivity contribution < 1.29 is 35.5 Å². The zero-order valence-corrected chi connectivity index (χ0v) is 12.3. The first-order valence-electron chi connectivity index (χ1n) is 6.80. The van der Waals surface area contributed by atoms with Crippen LogP contribution in [-0.4, -0.2) is 5.91 Å². The van der Waals surface area contributed by atoms with Gasteiger partial charge in [-0.3, -0.25) is 4.79 Å². The molecule has 0 radical (unpaired) electrons. The second kappa shape index (κ2) is 6.73. The number of hydrogen-bond acceptors (Lipinski definition) is 1. The normalized spacial score (nSPS) is 12.1. The van der Waals surface area contributed by atoms with Crippen LogP contribution < -0.4 is 5.32 Å². The summed E-state index contributed by atoms with van der Waals surface area (Å²) in [6.45, 7) is -0.708. The van der Waals surface area contributed by atoms with E-state index < -0.39 is 52.9 Å². The first-order valence-corrected chi connectivity index (χ1v) is 6.80. The maximum atomic E-state index is 13.0. The third-order valence-corrected chi connectivity index (χ3v) is 3.29. The van der Waals surface area contributed by atoms with E-state index in [0.29, 0.717) is 6.07 Å². The summed E-state index contributed by atoms with van der Waals surface area (Å²) in [4.78, 5) is 11.9. The van der Waals surface area contributed by atoms with Gasteiger partial charge in [-0.05, 0) is 29.8 Å². The Hall–Kier alpha value is -2.58. The molecule has 0 aromatic heterocycles. The molecule has 0 heterocycles. The van der Waals surface area contributed by atoms with E-state index in [1.807, 2.05) is 5.32 Å². The molecule has 0 atom stereocenters. The highest BCUT2D eigenvalue weighted by Crippen LogP contribution is 2.33. The van der Waals surface area contributed by atoms with Gasteiger partial charge in [0.25, 0.3) is 5.91 Å². The lowest BCUT2D eigenvalue weighted by molar-refractivity contribution is -0.138. The number of carbonyl (C=O) groups excluding carboxylic acids is 1. The van der Waals surface area contributed by atoms with Crippen molar-refractivity contribution in [1.82, 2.24) is 5.32 Å². The molecule has 0 saturated carbocycles. The monoisotopic (exact) mass is 365 g/mol. The van der Waals surface area contributed by atoms with Gasteiger partial charge >= 0.3 is 12.4 Å². The van der Waals surface area contributed by atoms with Gasteiger partial charge in [0, 0.05) is 6.54 Å². The molecule has 1 amide bonds. The average molecular weight is 365 g/mol. The standard InChI is InChI=1S/C16H10F7NO/c17-10-6-5-9(13(7-10)16(21,22)23)8-24-14(25)11-3-1-2-4-12(11)15(18,19)20/h1-7H,8H2,(H,24,25). The number of nitrogens with one attached hydrogen (secondary N) is 1. The Kier molecular flexibility index (Phi) is 5.05. The molecule has 134 valence electrons. The Morgan fingerprint density at radius 1 is 0.880 bits per heavy atom. The van der Waals surface area contributed by atoms with E-state index >= 15 is 0 Å². The fourth-order valence-electron chi connectivity index (χ4n) is 2.17. The van der Waals surface area contributed by atoms with Gasteiger partial charge in [-0.15, -0.1) is 0 Å². The predicted octanol–water partition coefficient (Wildman–Crippen LogP) is 4.79. The predicted molar refractivity (Wildman–Crippen MR) is 74.0 cm³/mol. The minimum atomic E-state index is -4.87. The van der Waals surface area contributed by atoms with Gasteiger partial charge in [0.05, 0.1) is 16.7 Å². The molecule has 2 rings (SSSR count). The summed E-state index contributed by atoms with van der Waals surface area (Å²) in [6.07, 6.45) is -9.66. The van der Waals surface area contributed by atoms with Crippen LogP contribution in [-0.2, 0) is 18.9 Å². The van der Waals surface area contributed by atoms with Crippen molar-refractivity contribution in [2.24, 2.45) is 0 Å². The average Bonchev–Trinajstić information content (AvgIpc) is 2.51. The van der Waals surface area contributed by atoms with Crippen LogP contribution in [0.3, 0.4) is 0 Å². The topological polar surface area (TPSA) is 29.1 Å². The molecule has 25 heavy (non-hydrogen) atoms. The molecule has 0 bridgehead atoms. The van der Waals surface area contributed by atoms with Crippen molar-refractivity contribution in [1.29, 1.82) is 0 Å². The summed E-state index contributed by atoms with van der Waals surface area (Å²) in [5.41, 5.74) is -3.70. The Morgan fingerprint density at radius 3 is 2.08 bits per heavy atom. The van der Waals surface area contributed by atoms with Gasteiger partial charge in [-0.1, -0.05) is 18.2 Å². The highest BCUT2D eigenvalue weighted by molar-refractivity contribution is 5.95. The fraction of sp³-hybridized carbons (Fsp3) is 0.188. The zero-order valence-electron chi connectivity index (χ0n) is 12.3. The molecule has 9 heteroatoms. The number of amides is 1. The van der Waals surface area contributed by atoms with E-state index in [4.69, 9.17) is 0 Å². The molecular weight excluding hydrogens is 355 g/mol. The number of alkyl halides is 6. The molecule has 2 aromatic rings. The molecule has 0 fully saturated rings. The minimum Gasteiger partial charge on any atom is -0.348 e. The molecule has 0 aliphatic heterocycles. The van der Waals surface area contributed by atoms with Crippen molar-refractivity contribution >= 4 is 5.91 Å². The first-order chi connectivity index (χ1) is 11.5. The fourth-order valence-corrected chi connectivity index (χ4v) is 2.17. The lowest BCUT2D eigenvalue weighted by Crippen LogP contribution is -2.27. The largest absolute Gasteiger partial charge is 0.417 e. The number of halogens is 7. The number of carbonyl (C=O) groups is 1. The van der Waals surface area contributed by atoms with Gasteiger partial charge in [0.2, 0.25) is 0 Å². The molecule has 0 saturated heterocycles. The maximum absolute atomic E-state index is 13.0. The minimum absolute atomic E-state index is 0.255. The molecule has 0 spiro atoms. The number of hydrogen-bond donors (Lipinski definition) is 1. The van der Waals surface area contributed by atoms with E-state index in [1.165, 1.54) is 6.07 Å². The summed E-state index contributed by atoms with van der Waals surface area (Å²) < 4.78 is 90.2. The molecular formula is C16H10F7NO. The maximum Gasteiger partial charge on any atom is 0.417 e. The van der Waals surface area contributed by atoms with Crippen LogP contribution in [0.1, 0.15) is 27.0 Å². The number of rotatable bonds is 3. The van der Waals surface area contributed by atoms with Crippen LogP contribution in [0.4, 0.5) is 30.7 Å². The third kappa shape index (κ3) is 4.49.